The Morgan fingerprint density at radius 3 is 2.70 bits per heavy atom. The number of carbonyl (C=O) groups is 1. The fourth-order valence-corrected chi connectivity index (χ4v) is 2.52. The van der Waals surface area contributed by atoms with Crippen LogP contribution in [0.25, 0.3) is 11.4 Å². The zero-order chi connectivity index (χ0) is 19.9. The second-order valence-electron chi connectivity index (χ2n) is 6.15. The molecule has 0 bridgehead atoms. The standard InChI is InChI=1S/C18H23F3N4O2/c1-3-8-22-15(26)11-25(9-4-2)12-16-23-17(24-27-16)13-6-5-7-14(10-13)18(19,20)21/h5-7,10H,3-4,8-9,11-12H2,1-2H3,(H,22,26). The Bertz CT molecular complexity index is 746. The van der Waals surface area contributed by atoms with Crippen LogP contribution in [0.1, 0.15) is 38.1 Å². The minimum Gasteiger partial charge on any atom is -0.355 e. The van der Waals surface area contributed by atoms with E-state index in [4.69, 9.17) is 4.52 Å². The van der Waals surface area contributed by atoms with Crippen molar-refractivity contribution in [1.29, 1.82) is 0 Å². The summed E-state index contributed by atoms with van der Waals surface area (Å²) in [4.78, 5) is 17.9. The predicted molar refractivity (Wildman–Crippen MR) is 93.6 cm³/mol. The minimum atomic E-state index is -4.44. The molecule has 1 N–H and O–H groups in total. The Balaban J connectivity index is 2.08. The molecule has 0 fully saturated rings. The van der Waals surface area contributed by atoms with Gasteiger partial charge in [0, 0.05) is 12.1 Å². The van der Waals surface area contributed by atoms with Crippen LogP contribution in [0.2, 0.25) is 0 Å². The topological polar surface area (TPSA) is 71.3 Å². The van der Waals surface area contributed by atoms with Gasteiger partial charge in [-0.15, -0.1) is 0 Å². The zero-order valence-corrected chi connectivity index (χ0v) is 15.3. The molecule has 0 aliphatic rings. The van der Waals surface area contributed by atoms with Gasteiger partial charge in [0.05, 0.1) is 18.7 Å². The van der Waals surface area contributed by atoms with Crippen LogP contribution in [0.4, 0.5) is 13.2 Å². The average Bonchev–Trinajstić information content (AvgIpc) is 3.08. The summed E-state index contributed by atoms with van der Waals surface area (Å²) in [6, 6.07) is 4.76. The van der Waals surface area contributed by atoms with Crippen LogP contribution in [-0.4, -0.2) is 40.6 Å². The SMILES string of the molecule is CCCNC(=O)CN(CCC)Cc1nc(-c2cccc(C(F)(F)F)c2)no1. The molecule has 0 unspecified atom stereocenters. The molecule has 0 aliphatic heterocycles. The van der Waals surface area contributed by atoms with Gasteiger partial charge in [-0.3, -0.25) is 9.69 Å². The first-order chi connectivity index (χ1) is 12.8. The fourth-order valence-electron chi connectivity index (χ4n) is 2.52. The molecule has 0 saturated heterocycles. The summed E-state index contributed by atoms with van der Waals surface area (Å²) in [5.74, 6) is 0.241. The molecule has 0 spiro atoms. The zero-order valence-electron chi connectivity index (χ0n) is 15.3. The van der Waals surface area contributed by atoms with Crippen molar-refractivity contribution in [3.63, 3.8) is 0 Å². The minimum absolute atomic E-state index is 0.0861. The van der Waals surface area contributed by atoms with Gasteiger partial charge in [0.25, 0.3) is 0 Å². The first-order valence-corrected chi connectivity index (χ1v) is 8.82. The monoisotopic (exact) mass is 384 g/mol. The number of nitrogens with zero attached hydrogens (tertiary/aromatic N) is 3. The maximum Gasteiger partial charge on any atom is 0.416 e. The molecule has 0 saturated carbocycles. The molecule has 27 heavy (non-hydrogen) atoms. The van der Waals surface area contributed by atoms with E-state index in [1.54, 1.807) is 0 Å². The molecule has 1 aromatic heterocycles. The van der Waals surface area contributed by atoms with E-state index in [-0.39, 0.29) is 36.3 Å². The van der Waals surface area contributed by atoms with Crippen LogP contribution in [0, 0.1) is 0 Å². The van der Waals surface area contributed by atoms with Gasteiger partial charge < -0.3 is 9.84 Å². The third-order valence-corrected chi connectivity index (χ3v) is 3.75. The van der Waals surface area contributed by atoms with Crippen LogP contribution in [0.3, 0.4) is 0 Å². The molecule has 9 heteroatoms. The van der Waals surface area contributed by atoms with Gasteiger partial charge in [-0.1, -0.05) is 31.1 Å². The largest absolute Gasteiger partial charge is 0.416 e. The number of amides is 1. The number of halogens is 3. The number of carbonyl (C=O) groups excluding carboxylic acids is 1. The van der Waals surface area contributed by atoms with E-state index in [1.807, 2.05) is 18.7 Å². The highest BCUT2D eigenvalue weighted by Gasteiger charge is 2.30. The van der Waals surface area contributed by atoms with Crippen LogP contribution < -0.4 is 5.32 Å². The summed E-state index contributed by atoms with van der Waals surface area (Å²) >= 11 is 0. The molecule has 1 amide bonds. The van der Waals surface area contributed by atoms with E-state index in [1.165, 1.54) is 12.1 Å². The van der Waals surface area contributed by atoms with Crippen LogP contribution >= 0.6 is 0 Å². The number of alkyl halides is 3. The highest BCUT2D eigenvalue weighted by molar-refractivity contribution is 5.77. The highest BCUT2D eigenvalue weighted by atomic mass is 19.4. The van der Waals surface area contributed by atoms with E-state index in [2.05, 4.69) is 15.5 Å². The Hall–Kier alpha value is -2.42. The Morgan fingerprint density at radius 1 is 1.26 bits per heavy atom. The molecule has 2 aromatic rings. The van der Waals surface area contributed by atoms with Crippen molar-refractivity contribution in [2.75, 3.05) is 19.6 Å². The van der Waals surface area contributed by atoms with Crippen molar-refractivity contribution in [2.45, 2.75) is 39.4 Å². The molecule has 6 nitrogen and oxygen atoms in total. The highest BCUT2D eigenvalue weighted by Crippen LogP contribution is 2.31. The lowest BCUT2D eigenvalue weighted by molar-refractivity contribution is -0.137. The summed E-state index contributed by atoms with van der Waals surface area (Å²) in [6.07, 6.45) is -2.76. The second kappa shape index (κ2) is 9.50. The lowest BCUT2D eigenvalue weighted by Gasteiger charge is -2.18. The molecule has 0 aliphatic carbocycles. The van der Waals surface area contributed by atoms with Gasteiger partial charge >= 0.3 is 6.18 Å². The van der Waals surface area contributed by atoms with Crippen molar-refractivity contribution >= 4 is 5.91 Å². The lowest BCUT2D eigenvalue weighted by Crippen LogP contribution is -2.37. The number of rotatable bonds is 9. The maximum absolute atomic E-state index is 12.8. The molecular weight excluding hydrogens is 361 g/mol. The third kappa shape index (κ3) is 6.35. The molecule has 1 heterocycles. The van der Waals surface area contributed by atoms with Crippen LogP contribution in [0.5, 0.6) is 0 Å². The lowest BCUT2D eigenvalue weighted by atomic mass is 10.1. The normalized spacial score (nSPS) is 11.8. The molecule has 0 atom stereocenters. The third-order valence-electron chi connectivity index (χ3n) is 3.75. The van der Waals surface area contributed by atoms with E-state index >= 15 is 0 Å². The van der Waals surface area contributed by atoms with Gasteiger partial charge in [0.2, 0.25) is 17.6 Å². The van der Waals surface area contributed by atoms with Crippen molar-refractivity contribution < 1.29 is 22.5 Å². The molecule has 1 aromatic carbocycles. The smallest absolute Gasteiger partial charge is 0.355 e. The summed E-state index contributed by atoms with van der Waals surface area (Å²) in [5.41, 5.74) is -0.547. The molecule has 0 radical (unpaired) electrons. The quantitative estimate of drug-likeness (QED) is 0.717. The number of benzene rings is 1. The Kier molecular flexibility index (Phi) is 7.35. The average molecular weight is 384 g/mol. The Labute approximate surface area is 155 Å². The fraction of sp³-hybridized carbons (Fsp3) is 0.500. The number of hydrogen-bond donors (Lipinski definition) is 1. The van der Waals surface area contributed by atoms with E-state index in [0.717, 1.165) is 25.0 Å². The van der Waals surface area contributed by atoms with Crippen molar-refractivity contribution in [3.05, 3.63) is 35.7 Å². The summed E-state index contributed by atoms with van der Waals surface area (Å²) in [5, 5.41) is 6.58. The van der Waals surface area contributed by atoms with Gasteiger partial charge in [0.1, 0.15) is 0 Å². The predicted octanol–water partition coefficient (Wildman–Crippen LogP) is 3.49. The summed E-state index contributed by atoms with van der Waals surface area (Å²) in [6.45, 7) is 5.66. The summed E-state index contributed by atoms with van der Waals surface area (Å²) < 4.78 is 43.7. The van der Waals surface area contributed by atoms with Crippen molar-refractivity contribution in [1.82, 2.24) is 20.4 Å². The second-order valence-corrected chi connectivity index (χ2v) is 6.15. The van der Waals surface area contributed by atoms with Crippen molar-refractivity contribution in [2.24, 2.45) is 0 Å². The van der Waals surface area contributed by atoms with Crippen LogP contribution in [-0.2, 0) is 17.5 Å². The Morgan fingerprint density at radius 2 is 2.04 bits per heavy atom. The number of hydrogen-bond acceptors (Lipinski definition) is 5. The van der Waals surface area contributed by atoms with Crippen LogP contribution in [0.15, 0.2) is 28.8 Å². The molecular formula is C18H23F3N4O2. The first-order valence-electron chi connectivity index (χ1n) is 8.82. The van der Waals surface area contributed by atoms with E-state index < -0.39 is 11.7 Å². The number of aromatic nitrogens is 2. The van der Waals surface area contributed by atoms with Gasteiger partial charge in [-0.2, -0.15) is 18.2 Å². The summed E-state index contributed by atoms with van der Waals surface area (Å²) in [7, 11) is 0. The number of nitrogens with one attached hydrogen (secondary N) is 1. The maximum atomic E-state index is 12.8. The van der Waals surface area contributed by atoms with Gasteiger partial charge in [-0.05, 0) is 31.5 Å². The van der Waals surface area contributed by atoms with Gasteiger partial charge in [0.15, 0.2) is 0 Å². The van der Waals surface area contributed by atoms with E-state index in [9.17, 15) is 18.0 Å². The molecule has 2 rings (SSSR count). The van der Waals surface area contributed by atoms with E-state index in [0.29, 0.717) is 13.1 Å². The molecule has 148 valence electrons. The van der Waals surface area contributed by atoms with Gasteiger partial charge in [-0.25, -0.2) is 0 Å². The first kappa shape index (κ1) is 20.9. The van der Waals surface area contributed by atoms with Crippen molar-refractivity contribution in [3.8, 4) is 11.4 Å².